The van der Waals surface area contributed by atoms with Crippen LogP contribution in [0.4, 0.5) is 10.1 Å². The molecule has 0 radical (unpaired) electrons. The molecule has 1 heterocycles. The third-order valence-corrected chi connectivity index (χ3v) is 2.88. The molecule has 0 saturated heterocycles. The highest BCUT2D eigenvalue weighted by Gasteiger charge is 2.14. The second-order valence-corrected chi connectivity index (χ2v) is 4.35. The summed E-state index contributed by atoms with van der Waals surface area (Å²) in [4.78, 5) is 26.1. The van der Waals surface area contributed by atoms with Crippen LogP contribution in [0.15, 0.2) is 42.6 Å². The van der Waals surface area contributed by atoms with Gasteiger partial charge in [-0.3, -0.25) is 9.59 Å². The lowest BCUT2D eigenvalue weighted by Gasteiger charge is -2.10. The zero-order valence-corrected chi connectivity index (χ0v) is 11.0. The van der Waals surface area contributed by atoms with E-state index in [1.807, 2.05) is 0 Å². The molecule has 0 bridgehead atoms. The minimum atomic E-state index is -0.922. The van der Waals surface area contributed by atoms with Crippen molar-refractivity contribution < 1.29 is 19.1 Å². The molecule has 1 aromatic carbocycles. The Kier molecular flexibility index (Phi) is 4.61. The van der Waals surface area contributed by atoms with Crippen molar-refractivity contribution in [1.29, 1.82) is 0 Å². The number of aryl methyl sites for hydroxylation is 1. The van der Waals surface area contributed by atoms with Crippen molar-refractivity contribution in [1.82, 2.24) is 4.98 Å². The van der Waals surface area contributed by atoms with E-state index in [4.69, 9.17) is 5.11 Å². The first-order valence-corrected chi connectivity index (χ1v) is 6.29. The number of hydrogen-bond acceptors (Lipinski definition) is 3. The second kappa shape index (κ2) is 6.60. The molecule has 6 heteroatoms. The summed E-state index contributed by atoms with van der Waals surface area (Å²) in [6.45, 7) is 0. The van der Waals surface area contributed by atoms with Crippen LogP contribution in [0, 0.1) is 5.95 Å². The highest BCUT2D eigenvalue weighted by molar-refractivity contribution is 6.04. The van der Waals surface area contributed by atoms with Gasteiger partial charge in [0.25, 0.3) is 5.91 Å². The number of halogens is 1. The highest BCUT2D eigenvalue weighted by atomic mass is 19.1. The predicted molar refractivity (Wildman–Crippen MR) is 74.5 cm³/mol. The molecule has 21 heavy (non-hydrogen) atoms. The Morgan fingerprint density at radius 1 is 1.19 bits per heavy atom. The minimum absolute atomic E-state index is 0.0475. The quantitative estimate of drug-likeness (QED) is 0.828. The first-order chi connectivity index (χ1) is 10.1. The summed E-state index contributed by atoms with van der Waals surface area (Å²) in [5, 5.41) is 11.3. The first-order valence-electron chi connectivity index (χ1n) is 6.29. The number of amides is 1. The third-order valence-electron chi connectivity index (χ3n) is 2.88. The van der Waals surface area contributed by atoms with Gasteiger partial charge in [0.05, 0.1) is 5.56 Å². The number of nitrogens with one attached hydrogen (secondary N) is 1. The van der Waals surface area contributed by atoms with Gasteiger partial charge >= 0.3 is 5.97 Å². The summed E-state index contributed by atoms with van der Waals surface area (Å²) in [6.07, 6.45) is 1.49. The summed E-state index contributed by atoms with van der Waals surface area (Å²) in [7, 11) is 0. The van der Waals surface area contributed by atoms with E-state index in [1.165, 1.54) is 18.3 Å². The van der Waals surface area contributed by atoms with Crippen LogP contribution in [0.5, 0.6) is 0 Å². The average molecular weight is 288 g/mol. The van der Waals surface area contributed by atoms with Crippen molar-refractivity contribution in [3.8, 4) is 0 Å². The molecule has 0 aliphatic heterocycles. The standard InChI is InChI=1S/C15H13FN2O3/c16-14-11(5-3-9-17-14)15(21)18-12-6-2-1-4-10(12)7-8-13(19)20/h1-6,9H,7-8H2,(H,18,21)(H,19,20). The number of carbonyl (C=O) groups is 2. The third kappa shape index (κ3) is 3.85. The summed E-state index contributed by atoms with van der Waals surface area (Å²) >= 11 is 0. The van der Waals surface area contributed by atoms with Gasteiger partial charge in [-0.1, -0.05) is 18.2 Å². The Bertz CT molecular complexity index is 673. The number of aromatic nitrogens is 1. The van der Waals surface area contributed by atoms with Gasteiger partial charge in [-0.2, -0.15) is 4.39 Å². The number of aliphatic carboxylic acids is 1. The van der Waals surface area contributed by atoms with Gasteiger partial charge in [0.15, 0.2) is 0 Å². The molecule has 108 valence electrons. The number of carboxylic acid groups (broad SMARTS) is 1. The molecule has 0 unspecified atom stereocenters. The Morgan fingerprint density at radius 2 is 1.95 bits per heavy atom. The zero-order valence-electron chi connectivity index (χ0n) is 11.0. The van der Waals surface area contributed by atoms with Crippen LogP contribution in [0.25, 0.3) is 0 Å². The van der Waals surface area contributed by atoms with E-state index in [2.05, 4.69) is 10.3 Å². The molecule has 2 N–H and O–H groups in total. The van der Waals surface area contributed by atoms with Gasteiger partial charge in [0.1, 0.15) is 0 Å². The van der Waals surface area contributed by atoms with E-state index in [0.29, 0.717) is 11.3 Å². The SMILES string of the molecule is O=C(O)CCc1ccccc1NC(=O)c1cccnc1F. The maximum Gasteiger partial charge on any atom is 0.303 e. The summed E-state index contributed by atoms with van der Waals surface area (Å²) in [6, 6.07) is 9.62. The summed E-state index contributed by atoms with van der Waals surface area (Å²) in [5.74, 6) is -2.39. The fourth-order valence-corrected chi connectivity index (χ4v) is 1.85. The van der Waals surface area contributed by atoms with E-state index in [9.17, 15) is 14.0 Å². The van der Waals surface area contributed by atoms with Crippen LogP contribution in [-0.2, 0) is 11.2 Å². The van der Waals surface area contributed by atoms with E-state index < -0.39 is 17.8 Å². The predicted octanol–water partition coefficient (Wildman–Crippen LogP) is 2.49. The Labute approximate surface area is 120 Å². The number of benzene rings is 1. The number of nitrogens with zero attached hydrogens (tertiary/aromatic N) is 1. The van der Waals surface area contributed by atoms with Gasteiger partial charge in [-0.15, -0.1) is 0 Å². The molecule has 1 aromatic heterocycles. The highest BCUT2D eigenvalue weighted by Crippen LogP contribution is 2.18. The number of pyridine rings is 1. The molecule has 1 amide bonds. The molecular weight excluding hydrogens is 275 g/mol. The normalized spacial score (nSPS) is 10.1. The number of hydrogen-bond donors (Lipinski definition) is 2. The number of carbonyl (C=O) groups excluding carboxylic acids is 1. The maximum absolute atomic E-state index is 13.4. The van der Waals surface area contributed by atoms with Crippen LogP contribution in [0.2, 0.25) is 0 Å². The van der Waals surface area contributed by atoms with Gasteiger partial charge in [-0.25, -0.2) is 4.98 Å². The number of para-hydroxylation sites is 1. The van der Waals surface area contributed by atoms with Crippen LogP contribution >= 0.6 is 0 Å². The number of anilines is 1. The molecule has 0 spiro atoms. The van der Waals surface area contributed by atoms with E-state index in [0.717, 1.165) is 0 Å². The van der Waals surface area contributed by atoms with Gasteiger partial charge in [-0.05, 0) is 30.2 Å². The molecule has 0 aliphatic carbocycles. The van der Waals surface area contributed by atoms with Gasteiger partial charge in [0, 0.05) is 18.3 Å². The van der Waals surface area contributed by atoms with Crippen LogP contribution in [0.1, 0.15) is 22.3 Å². The average Bonchev–Trinajstić information content (AvgIpc) is 2.46. The molecule has 0 saturated carbocycles. The molecule has 5 nitrogen and oxygen atoms in total. The molecule has 2 aromatic rings. The lowest BCUT2D eigenvalue weighted by atomic mass is 10.1. The zero-order chi connectivity index (χ0) is 15.2. The fraction of sp³-hybridized carbons (Fsp3) is 0.133. The van der Waals surface area contributed by atoms with Crippen molar-refractivity contribution in [2.45, 2.75) is 12.8 Å². The van der Waals surface area contributed by atoms with E-state index in [-0.39, 0.29) is 18.4 Å². The monoisotopic (exact) mass is 288 g/mol. The minimum Gasteiger partial charge on any atom is -0.481 e. The first kappa shape index (κ1) is 14.6. The summed E-state index contributed by atoms with van der Waals surface area (Å²) < 4.78 is 13.4. The molecule has 0 fully saturated rings. The molecular formula is C15H13FN2O3. The summed E-state index contributed by atoms with van der Waals surface area (Å²) in [5.41, 5.74) is 0.982. The molecule has 0 atom stereocenters. The maximum atomic E-state index is 13.4. The molecule has 0 aliphatic rings. The topological polar surface area (TPSA) is 79.3 Å². The van der Waals surface area contributed by atoms with Crippen molar-refractivity contribution in [2.24, 2.45) is 0 Å². The van der Waals surface area contributed by atoms with E-state index >= 15 is 0 Å². The smallest absolute Gasteiger partial charge is 0.303 e. The van der Waals surface area contributed by atoms with Crippen LogP contribution in [-0.4, -0.2) is 22.0 Å². The van der Waals surface area contributed by atoms with Crippen molar-refractivity contribution in [3.63, 3.8) is 0 Å². The van der Waals surface area contributed by atoms with Crippen molar-refractivity contribution >= 4 is 17.6 Å². The second-order valence-electron chi connectivity index (χ2n) is 4.35. The largest absolute Gasteiger partial charge is 0.481 e. The van der Waals surface area contributed by atoms with Gasteiger partial charge in [0.2, 0.25) is 5.95 Å². The van der Waals surface area contributed by atoms with Crippen molar-refractivity contribution in [2.75, 3.05) is 5.32 Å². The van der Waals surface area contributed by atoms with Crippen molar-refractivity contribution in [3.05, 3.63) is 59.7 Å². The number of carboxylic acids is 1. The Hall–Kier alpha value is -2.76. The van der Waals surface area contributed by atoms with E-state index in [1.54, 1.807) is 24.3 Å². The van der Waals surface area contributed by atoms with Gasteiger partial charge < -0.3 is 10.4 Å². The van der Waals surface area contributed by atoms with Crippen LogP contribution < -0.4 is 5.32 Å². The lowest BCUT2D eigenvalue weighted by molar-refractivity contribution is -0.136. The van der Waals surface area contributed by atoms with Crippen LogP contribution in [0.3, 0.4) is 0 Å². The number of rotatable bonds is 5. The lowest BCUT2D eigenvalue weighted by Crippen LogP contribution is -2.15. The Balaban J connectivity index is 2.18. The fourth-order valence-electron chi connectivity index (χ4n) is 1.85. The Morgan fingerprint density at radius 3 is 2.67 bits per heavy atom. The molecule has 2 rings (SSSR count).